The van der Waals surface area contributed by atoms with Crippen LogP contribution in [0.1, 0.15) is 0 Å². The Hall–Kier alpha value is -2.75. The van der Waals surface area contributed by atoms with Gasteiger partial charge in [0.05, 0.1) is 11.4 Å². The van der Waals surface area contributed by atoms with Crippen molar-refractivity contribution in [3.05, 3.63) is 60.2 Å². The summed E-state index contributed by atoms with van der Waals surface area (Å²) in [7, 11) is -4.79. The molecule has 0 unspecified atom stereocenters. The number of sulfone groups is 1. The summed E-state index contributed by atoms with van der Waals surface area (Å²) < 4.78 is 88.1. The van der Waals surface area contributed by atoms with Gasteiger partial charge in [-0.3, -0.25) is 0 Å². The minimum atomic E-state index is -4.95. The molecule has 2 aromatic carbocycles. The standard InChI is InChI=1S/C17H11F5N2O2S/c18-12-5-1-10(2-6-12)14-15(11-3-7-13(19)8-4-11)24-16(23-14)27(25,26)9-17(20,21)22/h1-8H,9H2,(H,23,24). The van der Waals surface area contributed by atoms with Crippen LogP contribution in [0.3, 0.4) is 0 Å². The molecule has 0 aliphatic rings. The summed E-state index contributed by atoms with van der Waals surface area (Å²) in [5.41, 5.74) is 0.654. The van der Waals surface area contributed by atoms with Crippen LogP contribution in [-0.4, -0.2) is 30.3 Å². The first-order valence-electron chi connectivity index (χ1n) is 7.46. The van der Waals surface area contributed by atoms with Crippen LogP contribution in [0.25, 0.3) is 22.5 Å². The second-order valence-corrected chi connectivity index (χ2v) is 7.56. The molecule has 3 rings (SSSR count). The largest absolute Gasteiger partial charge is 0.403 e. The van der Waals surface area contributed by atoms with Gasteiger partial charge in [-0.1, -0.05) is 0 Å². The fourth-order valence-corrected chi connectivity index (χ4v) is 3.48. The predicted octanol–water partition coefficient (Wildman–Crippen LogP) is 4.36. The Morgan fingerprint density at radius 2 is 1.33 bits per heavy atom. The average Bonchev–Trinajstić information content (AvgIpc) is 3.00. The van der Waals surface area contributed by atoms with Crippen molar-refractivity contribution in [3.8, 4) is 22.5 Å². The molecule has 1 N–H and O–H groups in total. The normalized spacial score (nSPS) is 12.3. The van der Waals surface area contributed by atoms with Crippen LogP contribution in [0.2, 0.25) is 0 Å². The second kappa shape index (κ2) is 6.76. The van der Waals surface area contributed by atoms with E-state index in [1.807, 2.05) is 0 Å². The summed E-state index contributed by atoms with van der Waals surface area (Å²) in [6.07, 6.45) is -4.95. The Bertz CT molecular complexity index is 993. The Labute approximate surface area is 150 Å². The zero-order valence-corrected chi connectivity index (χ0v) is 14.2. The van der Waals surface area contributed by atoms with Crippen LogP contribution in [-0.2, 0) is 9.84 Å². The smallest absolute Gasteiger partial charge is 0.328 e. The van der Waals surface area contributed by atoms with Gasteiger partial charge in [-0.05, 0) is 48.5 Å². The predicted molar refractivity (Wildman–Crippen MR) is 87.5 cm³/mol. The fourth-order valence-electron chi connectivity index (χ4n) is 2.42. The maximum Gasteiger partial charge on any atom is 0.403 e. The number of aromatic nitrogens is 2. The minimum Gasteiger partial charge on any atom is -0.328 e. The molecule has 0 fully saturated rings. The van der Waals surface area contributed by atoms with Gasteiger partial charge in [-0.25, -0.2) is 22.2 Å². The molecular formula is C17H11F5N2O2S. The van der Waals surface area contributed by atoms with Crippen LogP contribution in [0.15, 0.2) is 53.7 Å². The van der Waals surface area contributed by atoms with Crippen molar-refractivity contribution in [1.82, 2.24) is 9.97 Å². The molecule has 0 bridgehead atoms. The lowest BCUT2D eigenvalue weighted by Gasteiger charge is -2.05. The van der Waals surface area contributed by atoms with Crippen LogP contribution >= 0.6 is 0 Å². The van der Waals surface area contributed by atoms with Gasteiger partial charge in [0.1, 0.15) is 11.6 Å². The third kappa shape index (κ3) is 4.33. The second-order valence-electron chi connectivity index (χ2n) is 5.65. The van der Waals surface area contributed by atoms with Crippen molar-refractivity contribution >= 4 is 9.84 Å². The van der Waals surface area contributed by atoms with Crippen LogP contribution < -0.4 is 0 Å². The number of imidazole rings is 1. The number of nitrogens with one attached hydrogen (secondary N) is 1. The molecule has 4 nitrogen and oxygen atoms in total. The molecule has 0 saturated carbocycles. The summed E-state index contributed by atoms with van der Waals surface area (Å²) in [6, 6.07) is 9.65. The summed E-state index contributed by atoms with van der Waals surface area (Å²) in [4.78, 5) is 6.18. The number of hydrogen-bond donors (Lipinski definition) is 1. The zero-order valence-electron chi connectivity index (χ0n) is 13.4. The van der Waals surface area contributed by atoms with E-state index in [1.54, 1.807) is 0 Å². The third-order valence-corrected chi connectivity index (χ3v) is 5.07. The highest BCUT2D eigenvalue weighted by atomic mass is 32.2. The molecule has 0 saturated heterocycles. The Kier molecular flexibility index (Phi) is 4.77. The fraction of sp³-hybridized carbons (Fsp3) is 0.118. The number of alkyl halides is 3. The lowest BCUT2D eigenvalue weighted by molar-refractivity contribution is -0.106. The van der Waals surface area contributed by atoms with E-state index >= 15 is 0 Å². The van der Waals surface area contributed by atoms with E-state index in [0.29, 0.717) is 5.56 Å². The number of H-pyrrole nitrogens is 1. The third-order valence-electron chi connectivity index (χ3n) is 3.58. The SMILES string of the molecule is O=S(=O)(CC(F)(F)F)c1nc(-c2ccc(F)cc2)c(-c2ccc(F)cc2)[nH]1. The molecule has 142 valence electrons. The first-order chi connectivity index (χ1) is 12.5. The monoisotopic (exact) mass is 402 g/mol. The minimum absolute atomic E-state index is 0.00218. The summed E-state index contributed by atoms with van der Waals surface area (Å²) in [5.74, 6) is -3.19. The zero-order chi connectivity index (χ0) is 19.8. The number of nitrogens with zero attached hydrogens (tertiary/aromatic N) is 1. The van der Waals surface area contributed by atoms with Crippen LogP contribution in [0.5, 0.6) is 0 Å². The van der Waals surface area contributed by atoms with Crippen LogP contribution in [0.4, 0.5) is 22.0 Å². The van der Waals surface area contributed by atoms with E-state index in [1.165, 1.54) is 24.3 Å². The Balaban J connectivity index is 2.17. The molecule has 0 aliphatic carbocycles. The highest BCUT2D eigenvalue weighted by Crippen LogP contribution is 2.32. The highest BCUT2D eigenvalue weighted by molar-refractivity contribution is 7.91. The average molecular weight is 402 g/mol. The number of rotatable bonds is 4. The van der Waals surface area contributed by atoms with E-state index in [4.69, 9.17) is 0 Å². The van der Waals surface area contributed by atoms with E-state index < -0.39 is 38.6 Å². The molecule has 0 radical (unpaired) electrons. The first kappa shape index (κ1) is 19.0. The summed E-state index contributed by atoms with van der Waals surface area (Å²) in [5, 5.41) is -0.876. The highest BCUT2D eigenvalue weighted by Gasteiger charge is 2.38. The van der Waals surface area contributed by atoms with Gasteiger partial charge in [0.15, 0.2) is 5.75 Å². The lowest BCUT2D eigenvalue weighted by atomic mass is 10.1. The summed E-state index contributed by atoms with van der Waals surface area (Å²) in [6.45, 7) is 0. The van der Waals surface area contributed by atoms with Gasteiger partial charge in [-0.2, -0.15) is 13.2 Å². The van der Waals surface area contributed by atoms with Crippen molar-refractivity contribution in [2.45, 2.75) is 11.3 Å². The maximum absolute atomic E-state index is 13.2. The van der Waals surface area contributed by atoms with Crippen molar-refractivity contribution in [3.63, 3.8) is 0 Å². The van der Waals surface area contributed by atoms with Gasteiger partial charge in [-0.15, -0.1) is 0 Å². The van der Waals surface area contributed by atoms with Crippen LogP contribution in [0, 0.1) is 11.6 Å². The van der Waals surface area contributed by atoms with E-state index in [9.17, 15) is 30.4 Å². The molecule has 0 amide bonds. The van der Waals surface area contributed by atoms with Crippen molar-refractivity contribution in [2.75, 3.05) is 5.75 Å². The quantitative estimate of drug-likeness (QED) is 0.660. The molecule has 0 aliphatic heterocycles. The number of benzene rings is 2. The molecule has 10 heteroatoms. The van der Waals surface area contributed by atoms with Gasteiger partial charge < -0.3 is 4.98 Å². The molecule has 0 atom stereocenters. The van der Waals surface area contributed by atoms with Gasteiger partial charge >= 0.3 is 6.18 Å². The maximum atomic E-state index is 13.2. The van der Waals surface area contributed by atoms with E-state index in [-0.39, 0.29) is 17.0 Å². The number of aromatic amines is 1. The molecule has 0 spiro atoms. The molecule has 3 aromatic rings. The molecule has 1 heterocycles. The molecular weight excluding hydrogens is 391 g/mol. The summed E-state index contributed by atoms with van der Waals surface area (Å²) >= 11 is 0. The van der Waals surface area contributed by atoms with Gasteiger partial charge in [0, 0.05) is 11.1 Å². The lowest BCUT2D eigenvalue weighted by Crippen LogP contribution is -2.23. The number of hydrogen-bond acceptors (Lipinski definition) is 3. The molecule has 27 heavy (non-hydrogen) atoms. The van der Waals surface area contributed by atoms with E-state index in [0.717, 1.165) is 24.3 Å². The number of halogens is 5. The Morgan fingerprint density at radius 3 is 1.81 bits per heavy atom. The van der Waals surface area contributed by atoms with E-state index in [2.05, 4.69) is 9.97 Å². The van der Waals surface area contributed by atoms with Crippen molar-refractivity contribution < 1.29 is 30.4 Å². The van der Waals surface area contributed by atoms with Gasteiger partial charge in [0.2, 0.25) is 15.0 Å². The Morgan fingerprint density at radius 1 is 0.852 bits per heavy atom. The first-order valence-corrected chi connectivity index (χ1v) is 9.12. The van der Waals surface area contributed by atoms with Gasteiger partial charge in [0.25, 0.3) is 0 Å². The van der Waals surface area contributed by atoms with Crippen molar-refractivity contribution in [1.29, 1.82) is 0 Å². The van der Waals surface area contributed by atoms with Crippen molar-refractivity contribution in [2.24, 2.45) is 0 Å². The topological polar surface area (TPSA) is 62.8 Å². The molecule has 1 aromatic heterocycles.